The standard InChI is InChI=1S/C15H13NO4/c17-12-7-4-8-13(9-12)20-16-14(10-15(18)19)11-5-2-1-3-6-11/h1-9,17H,10H2,(H,18,19)/b16-14+. The van der Waals surface area contributed by atoms with Crippen molar-refractivity contribution in [2.45, 2.75) is 6.42 Å². The zero-order chi connectivity index (χ0) is 14.4. The van der Waals surface area contributed by atoms with E-state index in [2.05, 4.69) is 5.16 Å². The molecule has 0 aromatic heterocycles. The first kappa shape index (κ1) is 13.6. The molecule has 0 atom stereocenters. The fraction of sp³-hybridized carbons (Fsp3) is 0.0667. The van der Waals surface area contributed by atoms with Crippen LogP contribution in [0.1, 0.15) is 12.0 Å². The Morgan fingerprint density at radius 2 is 1.85 bits per heavy atom. The summed E-state index contributed by atoms with van der Waals surface area (Å²) in [4.78, 5) is 16.0. The molecule has 0 aliphatic rings. The van der Waals surface area contributed by atoms with Gasteiger partial charge in [0.15, 0.2) is 5.75 Å². The van der Waals surface area contributed by atoms with Crippen molar-refractivity contribution < 1.29 is 19.8 Å². The van der Waals surface area contributed by atoms with E-state index in [9.17, 15) is 9.90 Å². The summed E-state index contributed by atoms with van der Waals surface area (Å²) >= 11 is 0. The highest BCUT2D eigenvalue weighted by Gasteiger charge is 2.09. The van der Waals surface area contributed by atoms with Crippen molar-refractivity contribution in [3.05, 3.63) is 60.2 Å². The van der Waals surface area contributed by atoms with Gasteiger partial charge >= 0.3 is 5.97 Å². The van der Waals surface area contributed by atoms with Gasteiger partial charge in [-0.1, -0.05) is 41.6 Å². The molecule has 0 aliphatic carbocycles. The van der Waals surface area contributed by atoms with E-state index >= 15 is 0 Å². The maximum atomic E-state index is 10.9. The van der Waals surface area contributed by atoms with Gasteiger partial charge in [-0.2, -0.15) is 0 Å². The molecule has 0 bridgehead atoms. The number of aromatic hydroxyl groups is 1. The average molecular weight is 271 g/mol. The molecular weight excluding hydrogens is 258 g/mol. The van der Waals surface area contributed by atoms with E-state index in [4.69, 9.17) is 9.94 Å². The van der Waals surface area contributed by atoms with Crippen LogP contribution in [0.2, 0.25) is 0 Å². The summed E-state index contributed by atoms with van der Waals surface area (Å²) < 4.78 is 0. The summed E-state index contributed by atoms with van der Waals surface area (Å²) in [6.07, 6.45) is -0.247. The molecule has 0 saturated carbocycles. The third-order valence-corrected chi connectivity index (χ3v) is 2.50. The lowest BCUT2D eigenvalue weighted by Crippen LogP contribution is -2.09. The van der Waals surface area contributed by atoms with E-state index in [0.717, 1.165) is 0 Å². The van der Waals surface area contributed by atoms with Crippen LogP contribution in [0, 0.1) is 0 Å². The molecule has 0 heterocycles. The van der Waals surface area contributed by atoms with Crippen LogP contribution in [0.25, 0.3) is 0 Å². The minimum Gasteiger partial charge on any atom is -0.508 e. The Balaban J connectivity index is 2.22. The SMILES string of the molecule is O=C(O)C/C(=N\Oc1cccc(O)c1)c1ccccc1. The number of nitrogens with zero attached hydrogens (tertiary/aromatic N) is 1. The molecule has 2 rings (SSSR count). The smallest absolute Gasteiger partial charge is 0.309 e. The Hall–Kier alpha value is -2.82. The van der Waals surface area contributed by atoms with E-state index in [1.807, 2.05) is 6.07 Å². The molecule has 0 fully saturated rings. The largest absolute Gasteiger partial charge is 0.508 e. The molecule has 102 valence electrons. The summed E-state index contributed by atoms with van der Waals surface area (Å²) in [7, 11) is 0. The first-order chi connectivity index (χ1) is 9.65. The molecule has 0 amide bonds. The van der Waals surface area contributed by atoms with Gasteiger partial charge in [0.2, 0.25) is 0 Å². The molecule has 0 unspecified atom stereocenters. The van der Waals surface area contributed by atoms with Gasteiger partial charge in [-0.3, -0.25) is 4.79 Å². The molecule has 0 aliphatic heterocycles. The number of phenols is 1. The van der Waals surface area contributed by atoms with Crippen LogP contribution in [0.5, 0.6) is 11.5 Å². The third kappa shape index (κ3) is 3.84. The van der Waals surface area contributed by atoms with Crippen molar-refractivity contribution in [2.24, 2.45) is 5.16 Å². The third-order valence-electron chi connectivity index (χ3n) is 2.50. The van der Waals surface area contributed by atoms with Crippen LogP contribution in [-0.2, 0) is 4.79 Å². The number of rotatable bonds is 5. The van der Waals surface area contributed by atoms with Crippen LogP contribution >= 0.6 is 0 Å². The number of aliphatic carboxylic acids is 1. The fourth-order valence-electron chi connectivity index (χ4n) is 1.61. The molecule has 20 heavy (non-hydrogen) atoms. The van der Waals surface area contributed by atoms with E-state index in [-0.39, 0.29) is 12.2 Å². The van der Waals surface area contributed by atoms with Crippen molar-refractivity contribution in [3.8, 4) is 11.5 Å². The van der Waals surface area contributed by atoms with E-state index in [0.29, 0.717) is 17.0 Å². The summed E-state index contributed by atoms with van der Waals surface area (Å²) in [5.74, 6) is -0.604. The molecule has 5 heteroatoms. The van der Waals surface area contributed by atoms with Crippen LogP contribution in [0.4, 0.5) is 0 Å². The number of benzene rings is 2. The van der Waals surface area contributed by atoms with Crippen molar-refractivity contribution in [1.82, 2.24) is 0 Å². The Kier molecular flexibility index (Phi) is 4.34. The van der Waals surface area contributed by atoms with Crippen LogP contribution in [0.3, 0.4) is 0 Å². The number of oxime groups is 1. The Morgan fingerprint density at radius 1 is 1.10 bits per heavy atom. The number of phenolic OH excluding ortho intramolecular Hbond substituents is 1. The molecule has 2 N–H and O–H groups in total. The second kappa shape index (κ2) is 6.38. The molecule has 0 saturated heterocycles. The van der Waals surface area contributed by atoms with Gasteiger partial charge in [-0.05, 0) is 17.7 Å². The highest BCUT2D eigenvalue weighted by Crippen LogP contribution is 2.18. The molecule has 2 aromatic carbocycles. The van der Waals surface area contributed by atoms with Gasteiger partial charge in [-0.15, -0.1) is 0 Å². The lowest BCUT2D eigenvalue weighted by Gasteiger charge is -2.05. The predicted molar refractivity (Wildman–Crippen MR) is 74.0 cm³/mol. The number of hydrogen-bond acceptors (Lipinski definition) is 4. The lowest BCUT2D eigenvalue weighted by atomic mass is 10.1. The Morgan fingerprint density at radius 3 is 2.50 bits per heavy atom. The highest BCUT2D eigenvalue weighted by molar-refractivity contribution is 6.08. The number of hydrogen-bond donors (Lipinski definition) is 2. The zero-order valence-corrected chi connectivity index (χ0v) is 10.6. The second-order valence-electron chi connectivity index (χ2n) is 4.06. The normalized spacial score (nSPS) is 11.1. The van der Waals surface area contributed by atoms with Crippen LogP contribution < -0.4 is 4.84 Å². The van der Waals surface area contributed by atoms with Gasteiger partial charge in [0.05, 0.1) is 12.1 Å². The highest BCUT2D eigenvalue weighted by atomic mass is 16.6. The summed E-state index contributed by atoms with van der Waals surface area (Å²) in [6, 6.07) is 15.1. The van der Waals surface area contributed by atoms with Gasteiger partial charge in [0, 0.05) is 6.07 Å². The monoisotopic (exact) mass is 271 g/mol. The first-order valence-electron chi connectivity index (χ1n) is 5.95. The topological polar surface area (TPSA) is 79.1 Å². The van der Waals surface area contributed by atoms with E-state index in [1.54, 1.807) is 36.4 Å². The second-order valence-corrected chi connectivity index (χ2v) is 4.06. The molecule has 2 aromatic rings. The van der Waals surface area contributed by atoms with Crippen molar-refractivity contribution >= 4 is 11.7 Å². The summed E-state index contributed by atoms with van der Waals surface area (Å²) in [5.41, 5.74) is 0.983. The van der Waals surface area contributed by atoms with Crippen molar-refractivity contribution in [2.75, 3.05) is 0 Å². The molecule has 5 nitrogen and oxygen atoms in total. The van der Waals surface area contributed by atoms with Gasteiger partial charge in [-0.25, -0.2) is 0 Å². The number of carboxylic acids is 1. The maximum Gasteiger partial charge on any atom is 0.309 e. The minimum absolute atomic E-state index is 0.0530. The Labute approximate surface area is 115 Å². The van der Waals surface area contributed by atoms with Crippen molar-refractivity contribution in [3.63, 3.8) is 0 Å². The van der Waals surface area contributed by atoms with Gasteiger partial charge in [0.1, 0.15) is 5.75 Å². The first-order valence-corrected chi connectivity index (χ1v) is 5.95. The summed E-state index contributed by atoms with van der Waals surface area (Å²) in [6.45, 7) is 0. The minimum atomic E-state index is -0.993. The number of carbonyl (C=O) groups is 1. The zero-order valence-electron chi connectivity index (χ0n) is 10.6. The Bertz CT molecular complexity index is 623. The van der Waals surface area contributed by atoms with E-state index < -0.39 is 5.97 Å². The molecule has 0 spiro atoms. The average Bonchev–Trinajstić information content (AvgIpc) is 2.44. The number of carboxylic acid groups (broad SMARTS) is 1. The maximum absolute atomic E-state index is 10.9. The molecule has 0 radical (unpaired) electrons. The van der Waals surface area contributed by atoms with Gasteiger partial charge < -0.3 is 15.1 Å². The fourth-order valence-corrected chi connectivity index (χ4v) is 1.61. The predicted octanol–water partition coefficient (Wildman–Crippen LogP) is 2.65. The lowest BCUT2D eigenvalue weighted by molar-refractivity contribution is -0.135. The van der Waals surface area contributed by atoms with Crippen LogP contribution in [0.15, 0.2) is 59.8 Å². The van der Waals surface area contributed by atoms with Crippen LogP contribution in [-0.4, -0.2) is 21.9 Å². The summed E-state index contributed by atoms with van der Waals surface area (Å²) in [5, 5.41) is 22.1. The quantitative estimate of drug-likeness (QED) is 0.647. The van der Waals surface area contributed by atoms with E-state index in [1.165, 1.54) is 12.1 Å². The van der Waals surface area contributed by atoms with Crippen molar-refractivity contribution in [1.29, 1.82) is 0 Å². The van der Waals surface area contributed by atoms with Gasteiger partial charge in [0.25, 0.3) is 0 Å². The molecular formula is C15H13NO4.